The fourth-order valence-corrected chi connectivity index (χ4v) is 2.80. The Morgan fingerprint density at radius 3 is 2.57 bits per heavy atom. The molecule has 28 heavy (non-hydrogen) atoms. The number of hydrogen-bond donors (Lipinski definition) is 2. The number of ether oxygens (including phenoxy) is 1. The molecule has 2 rings (SSSR count). The van der Waals surface area contributed by atoms with Gasteiger partial charge in [0.1, 0.15) is 0 Å². The van der Waals surface area contributed by atoms with Crippen molar-refractivity contribution in [2.75, 3.05) is 64.4 Å². The molecule has 1 saturated heterocycles. The Hall–Kier alpha value is -1.69. The van der Waals surface area contributed by atoms with Crippen LogP contribution in [0.2, 0.25) is 0 Å². The van der Waals surface area contributed by atoms with Crippen molar-refractivity contribution in [1.29, 1.82) is 0 Å². The molecule has 0 saturated carbocycles. The third kappa shape index (κ3) is 8.55. The minimum atomic E-state index is 0. The van der Waals surface area contributed by atoms with E-state index in [1.165, 1.54) is 0 Å². The fourth-order valence-electron chi connectivity index (χ4n) is 2.80. The van der Waals surface area contributed by atoms with E-state index in [-0.39, 0.29) is 29.9 Å². The summed E-state index contributed by atoms with van der Waals surface area (Å²) in [6.07, 6.45) is 4.81. The van der Waals surface area contributed by atoms with Gasteiger partial charge in [-0.05, 0) is 19.4 Å². The van der Waals surface area contributed by atoms with Crippen molar-refractivity contribution in [2.24, 2.45) is 4.99 Å². The van der Waals surface area contributed by atoms with Gasteiger partial charge in [0.25, 0.3) is 0 Å². The Morgan fingerprint density at radius 1 is 1.21 bits per heavy atom. The van der Waals surface area contributed by atoms with Gasteiger partial charge in [-0.15, -0.1) is 24.0 Å². The number of aromatic nitrogens is 2. The highest BCUT2D eigenvalue weighted by atomic mass is 127. The number of nitrogens with one attached hydrogen (secondary N) is 2. The van der Waals surface area contributed by atoms with E-state index in [9.17, 15) is 4.79 Å². The van der Waals surface area contributed by atoms with Gasteiger partial charge >= 0.3 is 0 Å². The zero-order valence-electron chi connectivity index (χ0n) is 16.8. The molecule has 158 valence electrons. The zero-order valence-corrected chi connectivity index (χ0v) is 19.1. The summed E-state index contributed by atoms with van der Waals surface area (Å²) in [6.45, 7) is 7.67. The summed E-state index contributed by atoms with van der Waals surface area (Å²) in [5.74, 6) is 1.63. The molecule has 0 spiro atoms. The maximum atomic E-state index is 12.4. The summed E-state index contributed by atoms with van der Waals surface area (Å²) in [7, 11) is 1.69. The maximum absolute atomic E-state index is 12.4. The highest BCUT2D eigenvalue weighted by Gasteiger charge is 2.22. The summed E-state index contributed by atoms with van der Waals surface area (Å²) in [5.41, 5.74) is 0. The van der Waals surface area contributed by atoms with Gasteiger partial charge in [0, 0.05) is 78.3 Å². The highest BCUT2D eigenvalue weighted by Crippen LogP contribution is 2.10. The van der Waals surface area contributed by atoms with E-state index in [1.807, 2.05) is 11.8 Å². The number of halogens is 1. The molecule has 10 heteroatoms. The molecule has 1 aromatic rings. The molecular weight excluding hydrogens is 473 g/mol. The maximum Gasteiger partial charge on any atom is 0.225 e. The number of methoxy groups -OCH3 is 1. The standard InChI is InChI=1S/C18H31N7O2.HI/c1-3-19-17(20-9-5-15-27-2)21-10-6-16(26)24-11-13-25(14-12-24)18-22-7-4-8-23-18;/h4,7-8H,3,5-6,9-15H2,1-2H3,(H2,19,20,21);1H. The first-order chi connectivity index (χ1) is 13.2. The predicted octanol–water partition coefficient (Wildman–Crippen LogP) is 0.725. The molecule has 0 atom stereocenters. The van der Waals surface area contributed by atoms with Crippen molar-refractivity contribution >= 4 is 41.8 Å². The molecule has 0 aromatic carbocycles. The Morgan fingerprint density at radius 2 is 1.93 bits per heavy atom. The number of amides is 1. The molecule has 0 unspecified atom stereocenters. The van der Waals surface area contributed by atoms with Crippen LogP contribution in [-0.4, -0.2) is 86.3 Å². The number of carbonyl (C=O) groups is 1. The predicted molar refractivity (Wildman–Crippen MR) is 121 cm³/mol. The van der Waals surface area contributed by atoms with E-state index >= 15 is 0 Å². The summed E-state index contributed by atoms with van der Waals surface area (Å²) in [4.78, 5) is 29.5. The van der Waals surface area contributed by atoms with Crippen molar-refractivity contribution < 1.29 is 9.53 Å². The minimum absolute atomic E-state index is 0. The average molecular weight is 505 g/mol. The third-order valence-electron chi connectivity index (χ3n) is 4.22. The lowest BCUT2D eigenvalue weighted by Gasteiger charge is -2.34. The number of aliphatic imine (C=N–C) groups is 1. The van der Waals surface area contributed by atoms with Crippen molar-refractivity contribution in [3.8, 4) is 0 Å². The van der Waals surface area contributed by atoms with Gasteiger partial charge in [-0.2, -0.15) is 0 Å². The van der Waals surface area contributed by atoms with Crippen LogP contribution in [0.25, 0.3) is 0 Å². The number of rotatable bonds is 9. The Balaban J connectivity index is 0.00000392. The normalized spacial score (nSPS) is 14.4. The van der Waals surface area contributed by atoms with Gasteiger partial charge < -0.3 is 25.2 Å². The lowest BCUT2D eigenvalue weighted by molar-refractivity contribution is -0.131. The number of carbonyl (C=O) groups excluding carboxylic acids is 1. The lowest BCUT2D eigenvalue weighted by Crippen LogP contribution is -2.50. The van der Waals surface area contributed by atoms with E-state index in [0.29, 0.717) is 39.2 Å². The first-order valence-electron chi connectivity index (χ1n) is 9.55. The largest absolute Gasteiger partial charge is 0.385 e. The fraction of sp³-hybridized carbons (Fsp3) is 0.667. The van der Waals surface area contributed by atoms with Crippen LogP contribution in [0.3, 0.4) is 0 Å². The van der Waals surface area contributed by atoms with Gasteiger partial charge in [0.15, 0.2) is 5.96 Å². The smallest absolute Gasteiger partial charge is 0.225 e. The molecular formula is C18H32IN7O2. The molecule has 0 radical (unpaired) electrons. The minimum Gasteiger partial charge on any atom is -0.385 e. The molecule has 2 N–H and O–H groups in total. The molecule has 0 bridgehead atoms. The summed E-state index contributed by atoms with van der Waals surface area (Å²) in [5, 5.41) is 6.41. The van der Waals surface area contributed by atoms with E-state index < -0.39 is 0 Å². The number of piperazine rings is 1. The number of anilines is 1. The second-order valence-electron chi connectivity index (χ2n) is 6.20. The summed E-state index contributed by atoms with van der Waals surface area (Å²) >= 11 is 0. The first-order valence-corrected chi connectivity index (χ1v) is 9.55. The van der Waals surface area contributed by atoms with Crippen molar-refractivity contribution in [3.05, 3.63) is 18.5 Å². The molecule has 1 aliphatic heterocycles. The number of nitrogens with zero attached hydrogens (tertiary/aromatic N) is 5. The Bertz CT molecular complexity index is 581. The van der Waals surface area contributed by atoms with E-state index in [0.717, 1.165) is 38.0 Å². The second-order valence-corrected chi connectivity index (χ2v) is 6.20. The molecule has 0 aliphatic carbocycles. The quantitative estimate of drug-likeness (QED) is 0.221. The molecule has 1 aromatic heterocycles. The highest BCUT2D eigenvalue weighted by molar-refractivity contribution is 14.0. The number of guanidine groups is 1. The summed E-state index contributed by atoms with van der Waals surface area (Å²) < 4.78 is 5.03. The van der Waals surface area contributed by atoms with Crippen LogP contribution in [0.5, 0.6) is 0 Å². The van der Waals surface area contributed by atoms with Gasteiger partial charge in [-0.1, -0.05) is 0 Å². The van der Waals surface area contributed by atoms with Crippen LogP contribution in [0.4, 0.5) is 5.95 Å². The van der Waals surface area contributed by atoms with E-state index in [1.54, 1.807) is 25.6 Å². The van der Waals surface area contributed by atoms with Gasteiger partial charge in [0.05, 0.1) is 0 Å². The Kier molecular flexibility index (Phi) is 12.5. The van der Waals surface area contributed by atoms with Crippen LogP contribution in [0, 0.1) is 0 Å². The topological polar surface area (TPSA) is 95.0 Å². The Labute approximate surface area is 184 Å². The van der Waals surface area contributed by atoms with Crippen LogP contribution in [-0.2, 0) is 9.53 Å². The SMILES string of the molecule is CCNC(=NCCCOC)NCCC(=O)N1CCN(c2ncccn2)CC1.I. The lowest BCUT2D eigenvalue weighted by atomic mass is 10.3. The second kappa shape index (κ2) is 14.3. The molecule has 2 heterocycles. The van der Waals surface area contributed by atoms with Crippen molar-refractivity contribution in [1.82, 2.24) is 25.5 Å². The molecule has 1 aliphatic rings. The van der Waals surface area contributed by atoms with Crippen molar-refractivity contribution in [3.63, 3.8) is 0 Å². The first kappa shape index (κ1) is 24.3. The summed E-state index contributed by atoms with van der Waals surface area (Å²) in [6, 6.07) is 1.80. The third-order valence-corrected chi connectivity index (χ3v) is 4.22. The monoisotopic (exact) mass is 505 g/mol. The van der Waals surface area contributed by atoms with Gasteiger partial charge in [-0.3, -0.25) is 9.79 Å². The van der Waals surface area contributed by atoms with Crippen molar-refractivity contribution in [2.45, 2.75) is 19.8 Å². The van der Waals surface area contributed by atoms with Gasteiger partial charge in [-0.25, -0.2) is 9.97 Å². The van der Waals surface area contributed by atoms with E-state index in [4.69, 9.17) is 4.74 Å². The van der Waals surface area contributed by atoms with Crippen LogP contribution >= 0.6 is 24.0 Å². The van der Waals surface area contributed by atoms with Crippen LogP contribution in [0.15, 0.2) is 23.5 Å². The van der Waals surface area contributed by atoms with Crippen LogP contribution < -0.4 is 15.5 Å². The molecule has 1 fully saturated rings. The van der Waals surface area contributed by atoms with E-state index in [2.05, 4.69) is 30.5 Å². The zero-order chi connectivity index (χ0) is 19.3. The van der Waals surface area contributed by atoms with Gasteiger partial charge in [0.2, 0.25) is 11.9 Å². The van der Waals surface area contributed by atoms with Crippen LogP contribution in [0.1, 0.15) is 19.8 Å². The molecule has 9 nitrogen and oxygen atoms in total. The average Bonchev–Trinajstić information content (AvgIpc) is 2.72. The number of hydrogen-bond acceptors (Lipinski definition) is 6. The molecule has 1 amide bonds.